The summed E-state index contributed by atoms with van der Waals surface area (Å²) in [5, 5.41) is 6.59. The monoisotopic (exact) mass is 570 g/mol. The predicted molar refractivity (Wildman–Crippen MR) is 180 cm³/mol. The van der Waals surface area contributed by atoms with Crippen molar-refractivity contribution in [3.05, 3.63) is 133 Å². The number of hydrogen-bond donors (Lipinski definition) is 0. The Morgan fingerprint density at radius 3 is 2.19 bits per heavy atom. The maximum Gasteiger partial charge on any atom is 0.131 e. The van der Waals surface area contributed by atoms with E-state index in [2.05, 4.69) is 143 Å². The van der Waals surface area contributed by atoms with Crippen molar-refractivity contribution >= 4 is 76.1 Å². The predicted octanol–water partition coefficient (Wildman–Crippen LogP) is 11.2. The van der Waals surface area contributed by atoms with Crippen LogP contribution in [0.5, 0.6) is 0 Å². The van der Waals surface area contributed by atoms with E-state index in [1.807, 2.05) is 23.1 Å². The summed E-state index contributed by atoms with van der Waals surface area (Å²) in [4.78, 5) is 2.60. The summed E-state index contributed by atoms with van der Waals surface area (Å²) in [6, 6.07) is 49.1. The average Bonchev–Trinajstić information content (AvgIpc) is 3.70. The second-order valence-corrected chi connectivity index (χ2v) is 13.1. The van der Waals surface area contributed by atoms with Gasteiger partial charge in [0.15, 0.2) is 0 Å². The minimum Gasteiger partial charge on any atom is -0.295 e. The highest BCUT2D eigenvalue weighted by Crippen LogP contribution is 2.49. The number of thiophene rings is 1. The van der Waals surface area contributed by atoms with Crippen molar-refractivity contribution in [1.82, 2.24) is 9.13 Å². The van der Waals surface area contributed by atoms with E-state index in [1.54, 1.807) is 0 Å². The first-order valence-electron chi connectivity index (χ1n) is 14.2. The number of nitrogens with zero attached hydrogens (tertiary/aromatic N) is 2. The van der Waals surface area contributed by atoms with Crippen molar-refractivity contribution < 1.29 is 0 Å². The first kappa shape index (κ1) is 22.9. The smallest absolute Gasteiger partial charge is 0.131 e. The van der Waals surface area contributed by atoms with Crippen LogP contribution in [0.2, 0.25) is 0 Å². The molecular formula is C38H22N2S2. The molecule has 0 saturated heterocycles. The third kappa shape index (κ3) is 3.00. The van der Waals surface area contributed by atoms with Gasteiger partial charge in [-0.3, -0.25) is 9.13 Å². The Labute approximate surface area is 250 Å². The summed E-state index contributed by atoms with van der Waals surface area (Å²) in [7, 11) is 0. The van der Waals surface area contributed by atoms with Gasteiger partial charge in [-0.05, 0) is 59.7 Å². The summed E-state index contributed by atoms with van der Waals surface area (Å²) in [5.41, 5.74) is 8.65. The maximum absolute atomic E-state index is 2.50. The quantitative estimate of drug-likeness (QED) is 0.201. The molecule has 2 nitrogen and oxygen atoms in total. The molecule has 0 saturated carbocycles. The number of rotatable bonds is 2. The van der Waals surface area contributed by atoms with E-state index in [0.717, 1.165) is 0 Å². The fraction of sp³-hybridized carbons (Fsp3) is 0. The Hall–Kier alpha value is -4.77. The molecule has 3 aromatic heterocycles. The van der Waals surface area contributed by atoms with Gasteiger partial charge in [-0.1, -0.05) is 96.7 Å². The Balaban J connectivity index is 1.27. The van der Waals surface area contributed by atoms with Crippen molar-refractivity contribution in [3.8, 4) is 22.5 Å². The standard InChI is InChI=1S/C38H22N2S2/c1-3-14-30-28(12-1)36-29-13-8-18-34-37(29)40(31-15-4-6-17-33(31)42-34)38(36)39(30)25-10-7-9-23(21-25)24-19-20-27-26-11-2-5-16-32(26)41-35(27)22-24/h1-22H. The highest BCUT2D eigenvalue weighted by molar-refractivity contribution is 7.99. The lowest BCUT2D eigenvalue weighted by Gasteiger charge is -2.21. The molecule has 0 radical (unpaired) electrons. The van der Waals surface area contributed by atoms with Crippen LogP contribution < -0.4 is 0 Å². The van der Waals surface area contributed by atoms with Crippen LogP contribution in [-0.2, 0) is 0 Å². The van der Waals surface area contributed by atoms with E-state index in [0.29, 0.717) is 0 Å². The van der Waals surface area contributed by atoms with Gasteiger partial charge >= 0.3 is 0 Å². The Morgan fingerprint density at radius 1 is 0.476 bits per heavy atom. The van der Waals surface area contributed by atoms with Crippen molar-refractivity contribution in [2.45, 2.75) is 9.79 Å². The molecule has 0 amide bonds. The van der Waals surface area contributed by atoms with Crippen molar-refractivity contribution in [1.29, 1.82) is 0 Å². The summed E-state index contributed by atoms with van der Waals surface area (Å²) in [5.74, 6) is 0. The molecule has 0 spiro atoms. The molecule has 196 valence electrons. The fourth-order valence-corrected chi connectivity index (χ4v) is 9.16. The van der Waals surface area contributed by atoms with Crippen molar-refractivity contribution in [3.63, 3.8) is 0 Å². The number of aromatic nitrogens is 2. The first-order chi connectivity index (χ1) is 20.8. The van der Waals surface area contributed by atoms with Crippen LogP contribution in [0.3, 0.4) is 0 Å². The van der Waals surface area contributed by atoms with Gasteiger partial charge in [-0.15, -0.1) is 11.3 Å². The zero-order valence-corrected chi connectivity index (χ0v) is 24.0. The van der Waals surface area contributed by atoms with Crippen LogP contribution in [-0.4, -0.2) is 9.13 Å². The van der Waals surface area contributed by atoms with E-state index in [-0.39, 0.29) is 0 Å². The molecule has 0 aliphatic carbocycles. The molecule has 0 unspecified atom stereocenters. The summed E-state index contributed by atoms with van der Waals surface area (Å²) < 4.78 is 7.65. The van der Waals surface area contributed by atoms with E-state index in [4.69, 9.17) is 0 Å². The number of para-hydroxylation sites is 3. The van der Waals surface area contributed by atoms with Gasteiger partial charge in [0.2, 0.25) is 0 Å². The SMILES string of the molecule is c1cc(-c2ccc3c(c2)sc2ccccc23)cc(-n2c3ccccc3c3c4cccc5c4n(c32)-c2ccccc2S5)c1. The third-order valence-corrected chi connectivity index (χ3v) is 10.9. The summed E-state index contributed by atoms with van der Waals surface area (Å²) in [6.45, 7) is 0. The van der Waals surface area contributed by atoms with Crippen LogP contribution in [0.15, 0.2) is 143 Å². The van der Waals surface area contributed by atoms with E-state index in [9.17, 15) is 0 Å². The second-order valence-electron chi connectivity index (χ2n) is 11.0. The molecule has 0 atom stereocenters. The van der Waals surface area contributed by atoms with Gasteiger partial charge in [0.25, 0.3) is 0 Å². The van der Waals surface area contributed by atoms with Gasteiger partial charge < -0.3 is 0 Å². The van der Waals surface area contributed by atoms with Gasteiger partial charge in [-0.25, -0.2) is 0 Å². The zero-order valence-electron chi connectivity index (χ0n) is 22.4. The minimum atomic E-state index is 1.17. The lowest BCUT2D eigenvalue weighted by Crippen LogP contribution is -2.05. The van der Waals surface area contributed by atoms with E-state index in [1.165, 1.54) is 85.3 Å². The largest absolute Gasteiger partial charge is 0.295 e. The zero-order chi connectivity index (χ0) is 27.4. The van der Waals surface area contributed by atoms with E-state index < -0.39 is 0 Å². The molecule has 10 rings (SSSR count). The molecule has 4 heteroatoms. The molecule has 0 N–H and O–H groups in total. The molecule has 1 aliphatic heterocycles. The molecule has 42 heavy (non-hydrogen) atoms. The Kier molecular flexibility index (Phi) is 4.57. The molecule has 1 aliphatic rings. The Bertz CT molecular complexity index is 2560. The van der Waals surface area contributed by atoms with Crippen LogP contribution in [0, 0.1) is 0 Å². The van der Waals surface area contributed by atoms with Crippen molar-refractivity contribution in [2.24, 2.45) is 0 Å². The number of fused-ring (bicyclic) bond motifs is 10. The van der Waals surface area contributed by atoms with Crippen LogP contribution in [0.25, 0.3) is 75.5 Å². The molecular weight excluding hydrogens is 549 g/mol. The summed E-state index contributed by atoms with van der Waals surface area (Å²) in [6.07, 6.45) is 0. The minimum absolute atomic E-state index is 1.17. The Morgan fingerprint density at radius 2 is 1.21 bits per heavy atom. The molecule has 0 fully saturated rings. The van der Waals surface area contributed by atoms with Crippen molar-refractivity contribution in [2.75, 3.05) is 0 Å². The molecule has 6 aromatic carbocycles. The molecule has 9 aromatic rings. The van der Waals surface area contributed by atoms with Gasteiger partial charge in [0, 0.05) is 51.8 Å². The highest BCUT2D eigenvalue weighted by Gasteiger charge is 2.27. The lowest BCUT2D eigenvalue weighted by atomic mass is 10.0. The normalized spacial score (nSPS) is 12.7. The average molecular weight is 571 g/mol. The van der Waals surface area contributed by atoms with Crippen LogP contribution in [0.4, 0.5) is 0 Å². The lowest BCUT2D eigenvalue weighted by molar-refractivity contribution is 1.03. The summed E-state index contributed by atoms with van der Waals surface area (Å²) >= 11 is 3.75. The van der Waals surface area contributed by atoms with Gasteiger partial charge in [0.1, 0.15) is 5.65 Å². The van der Waals surface area contributed by atoms with Gasteiger partial charge in [-0.2, -0.15) is 0 Å². The third-order valence-electron chi connectivity index (χ3n) is 8.70. The number of benzene rings is 6. The van der Waals surface area contributed by atoms with Crippen LogP contribution in [0.1, 0.15) is 0 Å². The van der Waals surface area contributed by atoms with Gasteiger partial charge in [0.05, 0.1) is 16.7 Å². The highest BCUT2D eigenvalue weighted by atomic mass is 32.2. The number of hydrogen-bond acceptors (Lipinski definition) is 2. The fourth-order valence-electron chi connectivity index (χ4n) is 6.92. The molecule has 4 heterocycles. The molecule has 0 bridgehead atoms. The topological polar surface area (TPSA) is 9.86 Å². The maximum atomic E-state index is 2.50. The second kappa shape index (κ2) is 8.39. The first-order valence-corrected chi connectivity index (χ1v) is 15.8. The van der Waals surface area contributed by atoms with Crippen LogP contribution >= 0.6 is 23.1 Å². The van der Waals surface area contributed by atoms with E-state index >= 15 is 0 Å².